The molecule has 0 saturated carbocycles. The molecule has 0 aliphatic heterocycles. The molecular weight excluding hydrogens is 274 g/mol. The second kappa shape index (κ2) is 4.72. The molecule has 2 rings (SSSR count). The number of hydrogen-bond donors (Lipinski definition) is 1. The number of nitrogens with two attached hydrogens (primary N) is 1. The Labute approximate surface area is 110 Å². The summed E-state index contributed by atoms with van der Waals surface area (Å²) in [6, 6.07) is 5.31. The smallest absolute Gasteiger partial charge is 0.178 e. The molecule has 0 aliphatic rings. The van der Waals surface area contributed by atoms with Crippen molar-refractivity contribution >= 4 is 21.4 Å². The van der Waals surface area contributed by atoms with Crippen molar-refractivity contribution < 1.29 is 8.42 Å². The molecule has 0 bridgehead atoms. The van der Waals surface area contributed by atoms with E-state index in [4.69, 9.17) is 17.3 Å². The maximum Gasteiger partial charge on any atom is 0.178 e. The summed E-state index contributed by atoms with van der Waals surface area (Å²) < 4.78 is 24.1. The first-order chi connectivity index (χ1) is 8.41. The van der Waals surface area contributed by atoms with Crippen molar-refractivity contribution in [1.82, 2.24) is 9.78 Å². The van der Waals surface area contributed by atoms with E-state index in [9.17, 15) is 8.42 Å². The number of benzene rings is 1. The molecule has 0 saturated heterocycles. The quantitative estimate of drug-likeness (QED) is 0.924. The molecule has 7 heteroatoms. The minimum absolute atomic E-state index is 0.154. The fraction of sp³-hybridized carbons (Fsp3) is 0.182. The highest BCUT2D eigenvalue weighted by Gasteiger charge is 2.12. The van der Waals surface area contributed by atoms with Gasteiger partial charge in [-0.3, -0.25) is 0 Å². The summed E-state index contributed by atoms with van der Waals surface area (Å²) in [6.45, 7) is 0.397. The molecule has 2 aromatic rings. The summed E-state index contributed by atoms with van der Waals surface area (Å²) in [5.74, 6) is 0. The molecule has 0 unspecified atom stereocenters. The van der Waals surface area contributed by atoms with Crippen molar-refractivity contribution in [2.75, 3.05) is 6.26 Å². The average Bonchev–Trinajstić information content (AvgIpc) is 2.77. The van der Waals surface area contributed by atoms with Gasteiger partial charge in [-0.1, -0.05) is 17.7 Å². The van der Waals surface area contributed by atoms with Crippen LogP contribution >= 0.6 is 11.6 Å². The fourth-order valence-electron chi connectivity index (χ4n) is 1.49. The zero-order valence-electron chi connectivity index (χ0n) is 9.67. The van der Waals surface area contributed by atoms with Crippen molar-refractivity contribution in [2.45, 2.75) is 11.4 Å². The second-order valence-electron chi connectivity index (χ2n) is 3.88. The van der Waals surface area contributed by atoms with Gasteiger partial charge in [0.15, 0.2) is 9.84 Å². The van der Waals surface area contributed by atoms with Gasteiger partial charge in [0.05, 0.1) is 16.9 Å². The van der Waals surface area contributed by atoms with Crippen LogP contribution in [0.1, 0.15) is 5.56 Å². The van der Waals surface area contributed by atoms with Crippen LogP contribution in [-0.2, 0) is 16.4 Å². The lowest BCUT2D eigenvalue weighted by Gasteiger charge is -2.05. The number of nitrogens with zero attached hydrogens (tertiary/aromatic N) is 2. The Balaban J connectivity index is 2.47. The SMILES string of the molecule is CS(=O)(=O)c1cnn(-c2ccc(CN)cc2Cl)c1. The van der Waals surface area contributed by atoms with Crippen molar-refractivity contribution in [3.63, 3.8) is 0 Å². The van der Waals surface area contributed by atoms with Crippen molar-refractivity contribution in [3.8, 4) is 5.69 Å². The monoisotopic (exact) mass is 285 g/mol. The van der Waals surface area contributed by atoms with Crippen molar-refractivity contribution in [2.24, 2.45) is 5.73 Å². The summed E-state index contributed by atoms with van der Waals surface area (Å²) in [7, 11) is -3.26. The largest absolute Gasteiger partial charge is 0.326 e. The Kier molecular flexibility index (Phi) is 3.43. The van der Waals surface area contributed by atoms with Crippen LogP contribution in [0.15, 0.2) is 35.5 Å². The van der Waals surface area contributed by atoms with Gasteiger partial charge in [-0.05, 0) is 17.7 Å². The number of rotatable bonds is 3. The molecule has 1 aromatic carbocycles. The molecule has 0 amide bonds. The van der Waals surface area contributed by atoms with E-state index in [2.05, 4.69) is 5.10 Å². The molecule has 0 atom stereocenters. The van der Waals surface area contributed by atoms with E-state index in [1.807, 2.05) is 6.07 Å². The molecule has 18 heavy (non-hydrogen) atoms. The fourth-order valence-corrected chi connectivity index (χ4v) is 2.31. The van der Waals surface area contributed by atoms with Gasteiger partial charge in [-0.15, -0.1) is 0 Å². The van der Waals surface area contributed by atoms with E-state index >= 15 is 0 Å². The van der Waals surface area contributed by atoms with Gasteiger partial charge in [0.25, 0.3) is 0 Å². The molecule has 2 N–H and O–H groups in total. The highest BCUT2D eigenvalue weighted by atomic mass is 35.5. The van der Waals surface area contributed by atoms with Crippen molar-refractivity contribution in [1.29, 1.82) is 0 Å². The van der Waals surface area contributed by atoms with Crippen LogP contribution in [0, 0.1) is 0 Å². The molecule has 0 radical (unpaired) electrons. The Hall–Kier alpha value is -1.37. The van der Waals surface area contributed by atoms with Crippen LogP contribution in [0.2, 0.25) is 5.02 Å². The summed E-state index contributed by atoms with van der Waals surface area (Å²) >= 11 is 6.10. The number of sulfone groups is 1. The highest BCUT2D eigenvalue weighted by Crippen LogP contribution is 2.22. The van der Waals surface area contributed by atoms with Crippen molar-refractivity contribution in [3.05, 3.63) is 41.2 Å². The molecule has 96 valence electrons. The Bertz CT molecular complexity index is 679. The van der Waals surface area contributed by atoms with Gasteiger partial charge in [0, 0.05) is 19.0 Å². The predicted octanol–water partition coefficient (Wildman–Crippen LogP) is 1.39. The van der Waals surface area contributed by atoms with Gasteiger partial charge in [0.1, 0.15) is 4.90 Å². The lowest BCUT2D eigenvalue weighted by Crippen LogP contribution is -2.00. The molecule has 1 heterocycles. The van der Waals surface area contributed by atoms with Gasteiger partial charge in [0.2, 0.25) is 0 Å². The zero-order chi connectivity index (χ0) is 13.3. The topological polar surface area (TPSA) is 78.0 Å². The van der Waals surface area contributed by atoms with E-state index in [0.717, 1.165) is 11.8 Å². The summed E-state index contributed by atoms with van der Waals surface area (Å²) in [5, 5.41) is 4.46. The maximum atomic E-state index is 11.4. The third-order valence-corrected chi connectivity index (χ3v) is 3.85. The van der Waals surface area contributed by atoms with Gasteiger partial charge in [-0.2, -0.15) is 5.10 Å². The van der Waals surface area contributed by atoms with Crippen LogP contribution in [0.25, 0.3) is 5.69 Å². The predicted molar refractivity (Wildman–Crippen MR) is 69.6 cm³/mol. The number of halogens is 1. The van der Waals surface area contributed by atoms with Gasteiger partial charge in [-0.25, -0.2) is 13.1 Å². The minimum atomic E-state index is -3.26. The molecule has 0 spiro atoms. The second-order valence-corrected chi connectivity index (χ2v) is 6.31. The lowest BCUT2D eigenvalue weighted by molar-refractivity contribution is 0.602. The average molecular weight is 286 g/mol. The Morgan fingerprint density at radius 1 is 1.44 bits per heavy atom. The van der Waals surface area contributed by atoms with E-state index < -0.39 is 9.84 Å². The Morgan fingerprint density at radius 2 is 2.17 bits per heavy atom. The molecule has 5 nitrogen and oxygen atoms in total. The summed E-state index contributed by atoms with van der Waals surface area (Å²) in [5.41, 5.74) is 7.02. The molecule has 0 aliphatic carbocycles. The zero-order valence-corrected chi connectivity index (χ0v) is 11.2. The molecule has 0 fully saturated rings. The summed E-state index contributed by atoms with van der Waals surface area (Å²) in [6.07, 6.45) is 3.86. The van der Waals surface area contributed by atoms with E-state index in [1.54, 1.807) is 12.1 Å². The third kappa shape index (κ3) is 2.55. The van der Waals surface area contributed by atoms with Crippen LogP contribution in [0.3, 0.4) is 0 Å². The Morgan fingerprint density at radius 3 is 2.67 bits per heavy atom. The first-order valence-electron chi connectivity index (χ1n) is 5.15. The van der Waals surface area contributed by atoms with Gasteiger partial charge < -0.3 is 5.73 Å². The standard InChI is InChI=1S/C11H12ClN3O2S/c1-18(16,17)9-6-14-15(7-9)11-3-2-8(5-13)4-10(11)12/h2-4,6-7H,5,13H2,1H3. The number of aromatic nitrogens is 2. The van der Waals surface area contributed by atoms with E-state index in [1.165, 1.54) is 17.1 Å². The van der Waals surface area contributed by atoms with E-state index in [-0.39, 0.29) is 4.90 Å². The normalized spacial score (nSPS) is 11.7. The van der Waals surface area contributed by atoms with Crippen LogP contribution in [0.5, 0.6) is 0 Å². The highest BCUT2D eigenvalue weighted by molar-refractivity contribution is 7.90. The molecule has 1 aromatic heterocycles. The van der Waals surface area contributed by atoms with Crippen LogP contribution in [-0.4, -0.2) is 24.5 Å². The minimum Gasteiger partial charge on any atom is -0.326 e. The van der Waals surface area contributed by atoms with E-state index in [0.29, 0.717) is 17.3 Å². The lowest BCUT2D eigenvalue weighted by atomic mass is 10.2. The van der Waals surface area contributed by atoms with Crippen LogP contribution in [0.4, 0.5) is 0 Å². The molecular formula is C11H12ClN3O2S. The third-order valence-electron chi connectivity index (χ3n) is 2.48. The van der Waals surface area contributed by atoms with Crippen LogP contribution < -0.4 is 5.73 Å². The first kappa shape index (κ1) is 13.1. The van der Waals surface area contributed by atoms with Gasteiger partial charge >= 0.3 is 0 Å². The number of hydrogen-bond acceptors (Lipinski definition) is 4. The first-order valence-corrected chi connectivity index (χ1v) is 7.42. The maximum absolute atomic E-state index is 11.4. The summed E-state index contributed by atoms with van der Waals surface area (Å²) in [4.78, 5) is 0.154.